The Balaban J connectivity index is 1.75. The molecule has 7 heteroatoms. The Morgan fingerprint density at radius 1 is 1.13 bits per heavy atom. The van der Waals surface area contributed by atoms with Crippen LogP contribution in [0.4, 0.5) is 11.4 Å². The summed E-state index contributed by atoms with van der Waals surface area (Å²) in [5, 5.41) is 3.29. The molecule has 2 aromatic carbocycles. The molecule has 1 aliphatic heterocycles. The summed E-state index contributed by atoms with van der Waals surface area (Å²) in [6.45, 7) is 8.42. The predicted molar refractivity (Wildman–Crippen MR) is 123 cm³/mol. The van der Waals surface area contributed by atoms with Gasteiger partial charge < -0.3 is 15.0 Å². The predicted octanol–water partition coefficient (Wildman–Crippen LogP) is 4.13. The molecular weight excluding hydrogens is 398 g/mol. The lowest BCUT2D eigenvalue weighted by molar-refractivity contribution is -0.124. The normalized spacial score (nSPS) is 16.4. The van der Waals surface area contributed by atoms with Crippen LogP contribution in [0.15, 0.2) is 48.5 Å². The molecule has 0 aromatic heterocycles. The fourth-order valence-corrected chi connectivity index (χ4v) is 4.03. The van der Waals surface area contributed by atoms with Crippen molar-refractivity contribution in [1.82, 2.24) is 4.90 Å². The molecular formula is C23H27N3O3S. The first-order chi connectivity index (χ1) is 14.3. The lowest BCUT2D eigenvalue weighted by atomic mass is 10.1. The Kier molecular flexibility index (Phi) is 6.72. The number of nitrogens with zero attached hydrogens (tertiary/aromatic N) is 2. The summed E-state index contributed by atoms with van der Waals surface area (Å²) >= 11 is 5.61. The Morgan fingerprint density at radius 3 is 2.33 bits per heavy atom. The van der Waals surface area contributed by atoms with Gasteiger partial charge in [-0.2, -0.15) is 0 Å². The molecule has 1 atom stereocenters. The van der Waals surface area contributed by atoms with Crippen molar-refractivity contribution in [2.24, 2.45) is 0 Å². The average molecular weight is 426 g/mol. The van der Waals surface area contributed by atoms with E-state index in [9.17, 15) is 9.59 Å². The lowest BCUT2D eigenvalue weighted by Crippen LogP contribution is -2.42. The maximum absolute atomic E-state index is 13.2. The fourth-order valence-electron chi connectivity index (χ4n) is 3.50. The molecule has 1 fully saturated rings. The van der Waals surface area contributed by atoms with Gasteiger partial charge >= 0.3 is 0 Å². The molecule has 0 unspecified atom stereocenters. The third-order valence-corrected chi connectivity index (χ3v) is 5.32. The van der Waals surface area contributed by atoms with Gasteiger partial charge in [-0.05, 0) is 76.3 Å². The topological polar surface area (TPSA) is 61.9 Å². The fraction of sp³-hybridized carbons (Fsp3) is 0.348. The Labute approximate surface area is 182 Å². The van der Waals surface area contributed by atoms with Crippen LogP contribution in [0.25, 0.3) is 0 Å². The Bertz CT molecular complexity index is 926. The second-order valence-corrected chi connectivity index (χ2v) is 7.88. The van der Waals surface area contributed by atoms with Crippen LogP contribution in [-0.4, -0.2) is 40.5 Å². The van der Waals surface area contributed by atoms with Crippen molar-refractivity contribution in [3.63, 3.8) is 0 Å². The minimum atomic E-state index is -0.637. The zero-order chi connectivity index (χ0) is 21.8. The van der Waals surface area contributed by atoms with E-state index < -0.39 is 6.04 Å². The van der Waals surface area contributed by atoms with Crippen molar-refractivity contribution in [3.05, 3.63) is 54.1 Å². The standard InChI is InChI=1S/C23H27N3O3S/c1-5-29-19-12-8-17(9-13-19)24-21(27)14-20-22(28)26(23(30)25(20)15(2)3)18-10-6-16(4)7-11-18/h6-13,15,20H,5,14H2,1-4H3,(H,24,27)/t20-/m1/s1. The highest BCUT2D eigenvalue weighted by Gasteiger charge is 2.45. The summed E-state index contributed by atoms with van der Waals surface area (Å²) in [5.41, 5.74) is 2.47. The van der Waals surface area contributed by atoms with Gasteiger partial charge in [0.15, 0.2) is 5.11 Å². The minimum Gasteiger partial charge on any atom is -0.494 e. The van der Waals surface area contributed by atoms with Crippen molar-refractivity contribution in [3.8, 4) is 5.75 Å². The maximum Gasteiger partial charge on any atom is 0.256 e. The average Bonchev–Trinajstić information content (AvgIpc) is 2.94. The first-order valence-electron chi connectivity index (χ1n) is 10.1. The summed E-state index contributed by atoms with van der Waals surface area (Å²) < 4.78 is 5.42. The summed E-state index contributed by atoms with van der Waals surface area (Å²) in [7, 11) is 0. The van der Waals surface area contributed by atoms with Gasteiger partial charge in [0.25, 0.3) is 5.91 Å². The SMILES string of the molecule is CCOc1ccc(NC(=O)C[C@@H]2C(=O)N(c3ccc(C)cc3)C(=S)N2C(C)C)cc1. The number of amides is 2. The van der Waals surface area contributed by atoms with Crippen molar-refractivity contribution < 1.29 is 14.3 Å². The van der Waals surface area contributed by atoms with Crippen LogP contribution in [-0.2, 0) is 9.59 Å². The molecule has 1 heterocycles. The molecule has 3 rings (SSSR count). The highest BCUT2D eigenvalue weighted by molar-refractivity contribution is 7.80. The molecule has 1 saturated heterocycles. The number of hydrogen-bond acceptors (Lipinski definition) is 4. The van der Waals surface area contributed by atoms with E-state index in [1.54, 1.807) is 24.3 Å². The quantitative estimate of drug-likeness (QED) is 0.676. The van der Waals surface area contributed by atoms with Gasteiger partial charge in [0.05, 0.1) is 18.7 Å². The second kappa shape index (κ2) is 9.26. The third kappa shape index (κ3) is 4.62. The molecule has 0 spiro atoms. The van der Waals surface area contributed by atoms with E-state index >= 15 is 0 Å². The van der Waals surface area contributed by atoms with E-state index in [1.807, 2.05) is 56.9 Å². The first-order valence-corrected chi connectivity index (χ1v) is 10.5. The van der Waals surface area contributed by atoms with Gasteiger partial charge in [-0.1, -0.05) is 17.7 Å². The minimum absolute atomic E-state index is 0.0137. The van der Waals surface area contributed by atoms with E-state index in [2.05, 4.69) is 5.32 Å². The summed E-state index contributed by atoms with van der Waals surface area (Å²) in [6, 6.07) is 14.1. The van der Waals surface area contributed by atoms with E-state index in [0.717, 1.165) is 17.0 Å². The molecule has 0 radical (unpaired) electrons. The molecule has 2 amide bonds. The number of carbonyl (C=O) groups excluding carboxylic acids is 2. The summed E-state index contributed by atoms with van der Waals surface area (Å²) in [5.74, 6) is 0.322. The number of aryl methyl sites for hydroxylation is 1. The molecule has 0 aliphatic carbocycles. The van der Waals surface area contributed by atoms with E-state index in [1.165, 1.54) is 4.90 Å². The maximum atomic E-state index is 13.2. The molecule has 2 aromatic rings. The highest BCUT2D eigenvalue weighted by Crippen LogP contribution is 2.29. The largest absolute Gasteiger partial charge is 0.494 e. The number of thiocarbonyl (C=S) groups is 1. The smallest absolute Gasteiger partial charge is 0.256 e. The molecule has 158 valence electrons. The lowest BCUT2D eigenvalue weighted by Gasteiger charge is -2.27. The van der Waals surface area contributed by atoms with Crippen LogP contribution in [0.3, 0.4) is 0 Å². The number of ether oxygens (including phenoxy) is 1. The van der Waals surface area contributed by atoms with E-state index in [0.29, 0.717) is 17.4 Å². The number of benzene rings is 2. The third-order valence-electron chi connectivity index (χ3n) is 4.93. The van der Waals surface area contributed by atoms with Gasteiger partial charge in [-0.25, -0.2) is 0 Å². The van der Waals surface area contributed by atoms with Gasteiger partial charge in [0, 0.05) is 11.7 Å². The summed E-state index contributed by atoms with van der Waals surface area (Å²) in [6.07, 6.45) is 0.0206. The molecule has 1 N–H and O–H groups in total. The molecule has 6 nitrogen and oxygen atoms in total. The zero-order valence-electron chi connectivity index (χ0n) is 17.7. The van der Waals surface area contributed by atoms with E-state index in [4.69, 9.17) is 17.0 Å². The molecule has 0 bridgehead atoms. The van der Waals surface area contributed by atoms with Crippen molar-refractivity contribution in [1.29, 1.82) is 0 Å². The molecule has 0 saturated carbocycles. The van der Waals surface area contributed by atoms with Crippen LogP contribution < -0.4 is 15.0 Å². The Hall–Kier alpha value is -2.93. The zero-order valence-corrected chi connectivity index (χ0v) is 18.5. The van der Waals surface area contributed by atoms with Gasteiger partial charge in [-0.15, -0.1) is 0 Å². The van der Waals surface area contributed by atoms with Crippen molar-refractivity contribution in [2.75, 3.05) is 16.8 Å². The number of carbonyl (C=O) groups is 2. The van der Waals surface area contributed by atoms with Crippen molar-refractivity contribution in [2.45, 2.75) is 46.2 Å². The van der Waals surface area contributed by atoms with Gasteiger partial charge in [-0.3, -0.25) is 14.5 Å². The number of anilines is 2. The Morgan fingerprint density at radius 2 is 1.77 bits per heavy atom. The number of nitrogens with one attached hydrogen (secondary N) is 1. The van der Waals surface area contributed by atoms with Crippen LogP contribution in [0, 0.1) is 6.92 Å². The number of rotatable bonds is 7. The first kappa shape index (κ1) is 21.8. The summed E-state index contributed by atoms with van der Waals surface area (Å²) in [4.78, 5) is 29.3. The second-order valence-electron chi connectivity index (χ2n) is 7.52. The molecule has 1 aliphatic rings. The van der Waals surface area contributed by atoms with Crippen LogP contribution in [0.1, 0.15) is 32.8 Å². The van der Waals surface area contributed by atoms with Crippen LogP contribution in [0.2, 0.25) is 0 Å². The van der Waals surface area contributed by atoms with Crippen LogP contribution in [0.5, 0.6) is 5.75 Å². The van der Waals surface area contributed by atoms with Crippen molar-refractivity contribution >= 4 is 40.5 Å². The van der Waals surface area contributed by atoms with Gasteiger partial charge in [0.1, 0.15) is 11.8 Å². The molecule has 30 heavy (non-hydrogen) atoms. The van der Waals surface area contributed by atoms with E-state index in [-0.39, 0.29) is 24.3 Å². The highest BCUT2D eigenvalue weighted by atomic mass is 32.1. The number of hydrogen-bond donors (Lipinski definition) is 1. The monoisotopic (exact) mass is 425 g/mol. The van der Waals surface area contributed by atoms with Gasteiger partial charge in [0.2, 0.25) is 5.91 Å². The van der Waals surface area contributed by atoms with Crippen LogP contribution >= 0.6 is 12.2 Å².